The number of amides is 2. The van der Waals surface area contributed by atoms with Gasteiger partial charge in [-0.3, -0.25) is 9.59 Å². The van der Waals surface area contributed by atoms with E-state index >= 15 is 0 Å². The van der Waals surface area contributed by atoms with Crippen molar-refractivity contribution in [3.63, 3.8) is 0 Å². The molecule has 3 aromatic rings. The van der Waals surface area contributed by atoms with Gasteiger partial charge in [-0.1, -0.05) is 17.7 Å². The maximum Gasteiger partial charge on any atom is 0.272 e. The lowest BCUT2D eigenvalue weighted by Crippen LogP contribution is -2.25. The Hall–Kier alpha value is -2.31. The number of aromatic nitrogens is 1. The zero-order valence-electron chi connectivity index (χ0n) is 15.9. The van der Waals surface area contributed by atoms with Gasteiger partial charge in [0.15, 0.2) is 0 Å². The minimum Gasteiger partial charge on any atom is -0.352 e. The molecule has 146 valence electrons. The first-order valence-electron chi connectivity index (χ1n) is 9.48. The fraction of sp³-hybridized carbons (Fsp3) is 0.333. The molecule has 0 spiro atoms. The van der Waals surface area contributed by atoms with Crippen LogP contribution in [-0.2, 0) is 19.9 Å². The minimum atomic E-state index is -0.223. The number of aryl methyl sites for hydroxylation is 2. The van der Waals surface area contributed by atoms with Crippen LogP contribution in [0.25, 0.3) is 10.9 Å². The first-order valence-corrected chi connectivity index (χ1v) is 10.7. The number of benzene rings is 1. The molecule has 2 aromatic heterocycles. The second-order valence-electron chi connectivity index (χ2n) is 7.02. The third-order valence-corrected chi connectivity index (χ3v) is 6.65. The fourth-order valence-electron chi connectivity index (χ4n) is 3.83. The Balaban J connectivity index is 1.71. The number of carbonyl (C=O) groups is 2. The van der Waals surface area contributed by atoms with Crippen LogP contribution >= 0.6 is 22.9 Å². The van der Waals surface area contributed by atoms with Gasteiger partial charge >= 0.3 is 0 Å². The summed E-state index contributed by atoms with van der Waals surface area (Å²) in [5.74, 6) is -0.333. The summed E-state index contributed by atoms with van der Waals surface area (Å²) in [6, 6.07) is 7.41. The van der Waals surface area contributed by atoms with E-state index in [1.165, 1.54) is 16.2 Å². The van der Waals surface area contributed by atoms with Crippen molar-refractivity contribution in [3.8, 4) is 0 Å². The quantitative estimate of drug-likeness (QED) is 0.644. The summed E-state index contributed by atoms with van der Waals surface area (Å²) in [5, 5.41) is 8.12. The molecule has 0 radical (unpaired) electrons. The Labute approximate surface area is 172 Å². The van der Waals surface area contributed by atoms with E-state index in [1.807, 2.05) is 42.8 Å². The first-order chi connectivity index (χ1) is 13.5. The summed E-state index contributed by atoms with van der Waals surface area (Å²) in [7, 11) is 1.84. The lowest BCUT2D eigenvalue weighted by molar-refractivity contribution is 0.0956. The molecule has 7 heteroatoms. The second kappa shape index (κ2) is 7.60. The van der Waals surface area contributed by atoms with E-state index in [4.69, 9.17) is 11.6 Å². The van der Waals surface area contributed by atoms with Crippen molar-refractivity contribution >= 4 is 50.7 Å². The first kappa shape index (κ1) is 19.0. The summed E-state index contributed by atoms with van der Waals surface area (Å²) in [6.45, 7) is 2.45. The molecular formula is C21H22ClN3O2S. The van der Waals surface area contributed by atoms with Crippen LogP contribution in [0.15, 0.2) is 24.3 Å². The van der Waals surface area contributed by atoms with E-state index in [-0.39, 0.29) is 11.8 Å². The molecule has 0 atom stereocenters. The average Bonchev–Trinajstić information content (AvgIpc) is 3.19. The molecule has 1 aliphatic carbocycles. The maximum atomic E-state index is 13.0. The Morgan fingerprint density at radius 1 is 1.18 bits per heavy atom. The van der Waals surface area contributed by atoms with Gasteiger partial charge in [-0.05, 0) is 56.4 Å². The Morgan fingerprint density at radius 2 is 1.96 bits per heavy atom. The molecule has 0 saturated carbocycles. The van der Waals surface area contributed by atoms with Crippen LogP contribution in [0, 0.1) is 0 Å². The lowest BCUT2D eigenvalue weighted by Gasteiger charge is -2.13. The molecule has 0 saturated heterocycles. The van der Waals surface area contributed by atoms with Crippen molar-refractivity contribution in [2.24, 2.45) is 7.05 Å². The number of nitrogens with zero attached hydrogens (tertiary/aromatic N) is 1. The summed E-state index contributed by atoms with van der Waals surface area (Å²) in [6.07, 6.45) is 4.06. The SMILES string of the molecule is CCNC(=O)c1c(NC(=O)c2cc3ccc(Cl)cc3n2C)sc2c1CCCC2. The molecule has 0 aliphatic heterocycles. The Morgan fingerprint density at radius 3 is 2.75 bits per heavy atom. The zero-order valence-corrected chi connectivity index (χ0v) is 17.5. The van der Waals surface area contributed by atoms with Crippen molar-refractivity contribution in [1.29, 1.82) is 0 Å². The molecule has 0 bridgehead atoms. The predicted molar refractivity (Wildman–Crippen MR) is 115 cm³/mol. The summed E-state index contributed by atoms with van der Waals surface area (Å²) in [4.78, 5) is 26.9. The van der Waals surface area contributed by atoms with E-state index in [0.29, 0.717) is 27.8 Å². The lowest BCUT2D eigenvalue weighted by atomic mass is 9.95. The van der Waals surface area contributed by atoms with Crippen LogP contribution in [0.3, 0.4) is 0 Å². The Bertz CT molecular complexity index is 1080. The minimum absolute atomic E-state index is 0.110. The highest BCUT2D eigenvalue weighted by Gasteiger charge is 2.27. The zero-order chi connectivity index (χ0) is 19.8. The van der Waals surface area contributed by atoms with E-state index in [9.17, 15) is 9.59 Å². The number of hydrogen-bond donors (Lipinski definition) is 2. The van der Waals surface area contributed by atoms with Crippen LogP contribution in [0.4, 0.5) is 5.00 Å². The summed E-state index contributed by atoms with van der Waals surface area (Å²) < 4.78 is 1.83. The number of halogens is 1. The van der Waals surface area contributed by atoms with Gasteiger partial charge < -0.3 is 15.2 Å². The highest BCUT2D eigenvalue weighted by Crippen LogP contribution is 2.38. The number of hydrogen-bond acceptors (Lipinski definition) is 3. The van der Waals surface area contributed by atoms with Crippen LogP contribution in [0.2, 0.25) is 5.02 Å². The van der Waals surface area contributed by atoms with Crippen LogP contribution in [0.5, 0.6) is 0 Å². The fourth-order valence-corrected chi connectivity index (χ4v) is 5.28. The molecule has 0 unspecified atom stereocenters. The largest absolute Gasteiger partial charge is 0.352 e. The Kier molecular flexibility index (Phi) is 5.17. The van der Waals surface area contributed by atoms with Gasteiger partial charge in [0.2, 0.25) is 0 Å². The molecule has 1 aliphatic rings. The molecule has 28 heavy (non-hydrogen) atoms. The van der Waals surface area contributed by atoms with Gasteiger partial charge in [-0.25, -0.2) is 0 Å². The average molecular weight is 416 g/mol. The summed E-state index contributed by atoms with van der Waals surface area (Å²) >= 11 is 7.63. The molecule has 1 aromatic carbocycles. The van der Waals surface area contributed by atoms with Gasteiger partial charge in [0.1, 0.15) is 10.7 Å². The molecule has 2 N–H and O–H groups in total. The molecule has 5 nitrogen and oxygen atoms in total. The van der Waals surface area contributed by atoms with Crippen molar-refractivity contribution in [3.05, 3.63) is 51.0 Å². The normalized spacial score (nSPS) is 13.4. The van der Waals surface area contributed by atoms with Crippen molar-refractivity contribution in [2.45, 2.75) is 32.6 Å². The van der Waals surface area contributed by atoms with Gasteiger partial charge in [-0.2, -0.15) is 0 Å². The van der Waals surface area contributed by atoms with Gasteiger partial charge in [0, 0.05) is 34.4 Å². The highest BCUT2D eigenvalue weighted by atomic mass is 35.5. The smallest absolute Gasteiger partial charge is 0.272 e. The number of carbonyl (C=O) groups excluding carboxylic acids is 2. The number of fused-ring (bicyclic) bond motifs is 2. The number of thiophene rings is 1. The monoisotopic (exact) mass is 415 g/mol. The standard InChI is InChI=1S/C21H22ClN3O2S/c1-3-23-20(27)18-14-6-4-5-7-17(14)28-21(18)24-19(26)16-10-12-8-9-13(22)11-15(12)25(16)2/h8-11H,3-7H2,1-2H3,(H,23,27)(H,24,26). The maximum absolute atomic E-state index is 13.0. The van der Waals surface area contributed by atoms with Crippen molar-refractivity contribution in [1.82, 2.24) is 9.88 Å². The molecule has 2 heterocycles. The molecule has 2 amide bonds. The molecule has 4 rings (SSSR count). The van der Waals surface area contributed by atoms with Crippen LogP contribution in [-0.4, -0.2) is 22.9 Å². The topological polar surface area (TPSA) is 63.1 Å². The second-order valence-corrected chi connectivity index (χ2v) is 8.56. The van der Waals surface area contributed by atoms with Crippen molar-refractivity contribution < 1.29 is 9.59 Å². The van der Waals surface area contributed by atoms with E-state index in [1.54, 1.807) is 0 Å². The highest BCUT2D eigenvalue weighted by molar-refractivity contribution is 7.17. The van der Waals surface area contributed by atoms with Gasteiger partial charge in [0.25, 0.3) is 11.8 Å². The number of rotatable bonds is 4. The van der Waals surface area contributed by atoms with E-state index in [0.717, 1.165) is 42.1 Å². The van der Waals surface area contributed by atoms with Gasteiger partial charge in [-0.15, -0.1) is 11.3 Å². The third kappa shape index (κ3) is 3.31. The predicted octanol–water partition coefficient (Wildman–Crippen LogP) is 4.77. The van der Waals surface area contributed by atoms with E-state index < -0.39 is 0 Å². The third-order valence-electron chi connectivity index (χ3n) is 5.20. The number of nitrogens with one attached hydrogen (secondary N) is 2. The molecule has 0 fully saturated rings. The molecular weight excluding hydrogens is 394 g/mol. The van der Waals surface area contributed by atoms with Crippen LogP contribution < -0.4 is 10.6 Å². The van der Waals surface area contributed by atoms with E-state index in [2.05, 4.69) is 10.6 Å². The van der Waals surface area contributed by atoms with Crippen LogP contribution in [0.1, 0.15) is 51.1 Å². The van der Waals surface area contributed by atoms with Gasteiger partial charge in [0.05, 0.1) is 5.56 Å². The summed E-state index contributed by atoms with van der Waals surface area (Å²) in [5.41, 5.74) is 3.16. The number of anilines is 1. The van der Waals surface area contributed by atoms with Crippen molar-refractivity contribution in [2.75, 3.05) is 11.9 Å².